The summed E-state index contributed by atoms with van der Waals surface area (Å²) < 4.78 is 18.2. The lowest BCUT2D eigenvalue weighted by Gasteiger charge is -2.32. The molecule has 0 aromatic heterocycles. The lowest BCUT2D eigenvalue weighted by molar-refractivity contribution is -0.0295. The summed E-state index contributed by atoms with van der Waals surface area (Å²) in [6, 6.07) is 0. The van der Waals surface area contributed by atoms with Crippen LogP contribution in [0.15, 0.2) is 48.6 Å². The van der Waals surface area contributed by atoms with Crippen molar-refractivity contribution in [1.82, 2.24) is 4.90 Å². The van der Waals surface area contributed by atoms with E-state index in [0.717, 1.165) is 71.6 Å². The van der Waals surface area contributed by atoms with Crippen LogP contribution in [0.2, 0.25) is 0 Å². The molecule has 4 nitrogen and oxygen atoms in total. The van der Waals surface area contributed by atoms with Gasteiger partial charge < -0.3 is 19.1 Å². The van der Waals surface area contributed by atoms with E-state index in [2.05, 4.69) is 67.4 Å². The molecule has 0 aromatic rings. The van der Waals surface area contributed by atoms with E-state index in [1.54, 1.807) is 0 Å². The summed E-state index contributed by atoms with van der Waals surface area (Å²) in [4.78, 5) is 2.59. The predicted molar refractivity (Wildman–Crippen MR) is 220 cm³/mol. The number of nitrogens with zero attached hydrogens (tertiary/aromatic N) is 1. The SMILES string of the molecule is CCCCCC=CCC=CCCCCCCCCOCC(CCN1CCC(OC)CC1)OCCCCCCCCC=CCC=CCCCCC. The molecule has 1 aliphatic heterocycles. The average Bonchev–Trinajstić information content (AvgIpc) is 3.14. The van der Waals surface area contributed by atoms with Gasteiger partial charge in [0.25, 0.3) is 0 Å². The monoisotopic (exact) mass is 700 g/mol. The number of allylic oxidation sites excluding steroid dienone is 8. The predicted octanol–water partition coefficient (Wildman–Crippen LogP) is 13.5. The lowest BCUT2D eigenvalue weighted by atomic mass is 10.1. The third-order valence-electron chi connectivity index (χ3n) is 10.1. The summed E-state index contributed by atoms with van der Waals surface area (Å²) in [5.74, 6) is 0. The molecule has 4 heteroatoms. The van der Waals surface area contributed by atoms with Gasteiger partial charge in [0.15, 0.2) is 0 Å². The molecular weight excluding hydrogens is 615 g/mol. The summed E-state index contributed by atoms with van der Waals surface area (Å²) in [5.41, 5.74) is 0. The quantitative estimate of drug-likeness (QED) is 0.0477. The van der Waals surface area contributed by atoms with Gasteiger partial charge in [-0.3, -0.25) is 0 Å². The summed E-state index contributed by atoms with van der Waals surface area (Å²) in [5, 5.41) is 0. The van der Waals surface area contributed by atoms with Crippen LogP contribution in [0.5, 0.6) is 0 Å². The number of ether oxygens (including phenoxy) is 3. The lowest BCUT2D eigenvalue weighted by Crippen LogP contribution is -2.38. The highest BCUT2D eigenvalue weighted by atomic mass is 16.5. The first kappa shape index (κ1) is 46.8. The van der Waals surface area contributed by atoms with Gasteiger partial charge in [-0.05, 0) is 96.3 Å². The van der Waals surface area contributed by atoms with Crippen molar-refractivity contribution >= 4 is 0 Å². The maximum absolute atomic E-state index is 6.43. The van der Waals surface area contributed by atoms with E-state index in [1.807, 2.05) is 7.11 Å². The first-order valence-electron chi connectivity index (χ1n) is 21.8. The van der Waals surface area contributed by atoms with Gasteiger partial charge in [0.1, 0.15) is 0 Å². The van der Waals surface area contributed by atoms with Crippen LogP contribution in [0, 0.1) is 0 Å². The molecule has 292 valence electrons. The molecule has 1 atom stereocenters. The van der Waals surface area contributed by atoms with E-state index in [9.17, 15) is 0 Å². The second-order valence-corrected chi connectivity index (χ2v) is 14.8. The topological polar surface area (TPSA) is 30.9 Å². The number of unbranched alkanes of at least 4 members (excludes halogenated alkanes) is 18. The van der Waals surface area contributed by atoms with Crippen LogP contribution < -0.4 is 0 Å². The molecule has 0 saturated carbocycles. The standard InChI is InChI=1S/C46H85NO3/c1-4-6-8-10-12-14-16-18-20-22-24-26-28-30-32-34-42-49-44-46(38-41-47-39-36-45(48-3)37-40-47)50-43-35-33-31-29-27-25-23-21-19-17-15-13-11-9-7-5-2/h12-15,18-21,45-46H,4-11,16-17,22-44H2,1-3H3. The minimum absolute atomic E-state index is 0.220. The second-order valence-electron chi connectivity index (χ2n) is 14.8. The molecule has 0 bridgehead atoms. The van der Waals surface area contributed by atoms with E-state index in [0.29, 0.717) is 6.10 Å². The van der Waals surface area contributed by atoms with Crippen molar-refractivity contribution in [1.29, 1.82) is 0 Å². The molecule has 1 aliphatic rings. The zero-order valence-electron chi connectivity index (χ0n) is 33.8. The van der Waals surface area contributed by atoms with E-state index in [1.165, 1.54) is 141 Å². The zero-order valence-corrected chi connectivity index (χ0v) is 33.8. The highest BCUT2D eigenvalue weighted by Crippen LogP contribution is 2.15. The van der Waals surface area contributed by atoms with E-state index < -0.39 is 0 Å². The Morgan fingerprint density at radius 2 is 0.980 bits per heavy atom. The first-order valence-corrected chi connectivity index (χ1v) is 21.8. The third kappa shape index (κ3) is 32.7. The van der Waals surface area contributed by atoms with Gasteiger partial charge in [-0.25, -0.2) is 0 Å². The van der Waals surface area contributed by atoms with Crippen LogP contribution in [0.4, 0.5) is 0 Å². The molecule has 0 N–H and O–H groups in total. The van der Waals surface area contributed by atoms with Gasteiger partial charge in [0.2, 0.25) is 0 Å². The molecule has 1 unspecified atom stereocenters. The molecule has 1 rings (SSSR count). The third-order valence-corrected chi connectivity index (χ3v) is 10.1. The number of piperidine rings is 1. The normalized spacial score (nSPS) is 15.6. The van der Waals surface area contributed by atoms with Gasteiger partial charge in [0, 0.05) is 40.0 Å². The van der Waals surface area contributed by atoms with Gasteiger partial charge in [-0.15, -0.1) is 0 Å². The van der Waals surface area contributed by atoms with Crippen LogP contribution in [0.25, 0.3) is 0 Å². The summed E-state index contributed by atoms with van der Waals surface area (Å²) in [7, 11) is 1.85. The van der Waals surface area contributed by atoms with Gasteiger partial charge in [-0.1, -0.05) is 140 Å². The first-order chi connectivity index (χ1) is 24.8. The average molecular weight is 700 g/mol. The highest BCUT2D eigenvalue weighted by molar-refractivity contribution is 4.93. The van der Waals surface area contributed by atoms with Crippen molar-refractivity contribution < 1.29 is 14.2 Å². The number of hydrogen-bond donors (Lipinski definition) is 0. The van der Waals surface area contributed by atoms with Gasteiger partial charge >= 0.3 is 0 Å². The summed E-state index contributed by atoms with van der Waals surface area (Å²) in [6.45, 7) is 10.4. The molecule has 1 saturated heterocycles. The molecule has 0 aromatic carbocycles. The van der Waals surface area contributed by atoms with Crippen LogP contribution >= 0.6 is 0 Å². The fourth-order valence-corrected chi connectivity index (χ4v) is 6.66. The number of likely N-dealkylation sites (tertiary alicyclic amines) is 1. The molecule has 0 spiro atoms. The summed E-state index contributed by atoms with van der Waals surface area (Å²) >= 11 is 0. The largest absolute Gasteiger partial charge is 0.381 e. The molecule has 0 aliphatic carbocycles. The maximum atomic E-state index is 6.43. The molecule has 0 radical (unpaired) electrons. The van der Waals surface area contributed by atoms with E-state index in [4.69, 9.17) is 14.2 Å². The molecular formula is C46H85NO3. The minimum atomic E-state index is 0.220. The number of methoxy groups -OCH3 is 1. The Hall–Kier alpha value is -1.20. The van der Waals surface area contributed by atoms with Gasteiger partial charge in [-0.2, -0.15) is 0 Å². The van der Waals surface area contributed by atoms with Crippen molar-refractivity contribution in [2.45, 2.75) is 199 Å². The summed E-state index contributed by atoms with van der Waals surface area (Å²) in [6.07, 6.45) is 53.6. The fourth-order valence-electron chi connectivity index (χ4n) is 6.66. The second kappa shape index (κ2) is 39.0. The number of hydrogen-bond acceptors (Lipinski definition) is 4. The number of rotatable bonds is 37. The maximum Gasteiger partial charge on any atom is 0.0820 e. The highest BCUT2D eigenvalue weighted by Gasteiger charge is 2.20. The minimum Gasteiger partial charge on any atom is -0.381 e. The molecule has 1 heterocycles. The Balaban J connectivity index is 2.09. The molecule has 1 fully saturated rings. The molecule has 0 amide bonds. The van der Waals surface area contributed by atoms with Gasteiger partial charge in [0.05, 0.1) is 18.8 Å². The Labute approximate surface area is 312 Å². The van der Waals surface area contributed by atoms with Crippen LogP contribution in [0.1, 0.15) is 187 Å². The van der Waals surface area contributed by atoms with Crippen molar-refractivity contribution in [2.75, 3.05) is 46.6 Å². The Bertz CT molecular complexity index is 782. The zero-order chi connectivity index (χ0) is 35.8. The Kier molecular flexibility index (Phi) is 36.5. The van der Waals surface area contributed by atoms with E-state index >= 15 is 0 Å². The van der Waals surface area contributed by atoms with Crippen molar-refractivity contribution in [3.05, 3.63) is 48.6 Å². The van der Waals surface area contributed by atoms with Crippen molar-refractivity contribution in [3.8, 4) is 0 Å². The van der Waals surface area contributed by atoms with E-state index in [-0.39, 0.29) is 6.10 Å². The van der Waals surface area contributed by atoms with Crippen molar-refractivity contribution in [3.63, 3.8) is 0 Å². The van der Waals surface area contributed by atoms with Crippen LogP contribution in [0.3, 0.4) is 0 Å². The van der Waals surface area contributed by atoms with Crippen LogP contribution in [-0.2, 0) is 14.2 Å². The Morgan fingerprint density at radius 1 is 0.540 bits per heavy atom. The van der Waals surface area contributed by atoms with Crippen molar-refractivity contribution in [2.24, 2.45) is 0 Å². The Morgan fingerprint density at radius 3 is 1.46 bits per heavy atom. The van der Waals surface area contributed by atoms with Crippen LogP contribution in [-0.4, -0.2) is 63.7 Å². The smallest absolute Gasteiger partial charge is 0.0820 e. The fraction of sp³-hybridized carbons (Fsp3) is 0.826. The molecule has 50 heavy (non-hydrogen) atoms.